The lowest BCUT2D eigenvalue weighted by molar-refractivity contribution is -0.384. The molecule has 0 atom stereocenters. The first-order valence-electron chi connectivity index (χ1n) is 6.43. The third-order valence-electron chi connectivity index (χ3n) is 2.77. The van der Waals surface area contributed by atoms with Crippen LogP contribution in [0.4, 0.5) is 11.4 Å². The lowest BCUT2D eigenvalue weighted by atomic mass is 10.2. The smallest absolute Gasteiger partial charge is 0.273 e. The quantitative estimate of drug-likeness (QED) is 0.651. The van der Waals surface area contributed by atoms with Gasteiger partial charge in [0.05, 0.1) is 28.2 Å². The number of nitrogens with one attached hydrogen (secondary N) is 1. The van der Waals surface area contributed by atoms with Crippen molar-refractivity contribution < 1.29 is 18.1 Å². The SMILES string of the molecule is CCOc1cc([N+](=O)[O-])ccc1NS(=O)(=O)c1ccccc1. The van der Waals surface area contributed by atoms with Gasteiger partial charge in [0, 0.05) is 6.07 Å². The normalized spacial score (nSPS) is 11.0. The maximum atomic E-state index is 12.3. The van der Waals surface area contributed by atoms with Crippen LogP contribution in [-0.2, 0) is 10.0 Å². The Morgan fingerprint density at radius 3 is 2.45 bits per heavy atom. The summed E-state index contributed by atoms with van der Waals surface area (Å²) in [5.74, 6) is 0.108. The van der Waals surface area contributed by atoms with E-state index in [1.807, 2.05) is 0 Å². The number of benzene rings is 2. The number of nitrogens with zero attached hydrogens (tertiary/aromatic N) is 1. The lowest BCUT2D eigenvalue weighted by Gasteiger charge is -2.12. The number of rotatable bonds is 6. The van der Waals surface area contributed by atoms with Crippen molar-refractivity contribution in [3.8, 4) is 5.75 Å². The molecule has 0 unspecified atom stereocenters. The molecule has 0 aliphatic rings. The predicted molar refractivity (Wildman–Crippen MR) is 81.5 cm³/mol. The number of ether oxygens (including phenoxy) is 1. The minimum Gasteiger partial charge on any atom is -0.491 e. The molecule has 0 aliphatic heterocycles. The molecular weight excluding hydrogens is 308 g/mol. The van der Waals surface area contributed by atoms with E-state index in [9.17, 15) is 18.5 Å². The number of nitro benzene ring substituents is 1. The summed E-state index contributed by atoms with van der Waals surface area (Å²) in [5.41, 5.74) is -0.0255. The molecule has 0 fully saturated rings. The molecule has 7 nitrogen and oxygen atoms in total. The molecule has 0 saturated heterocycles. The Morgan fingerprint density at radius 2 is 1.86 bits per heavy atom. The van der Waals surface area contributed by atoms with E-state index >= 15 is 0 Å². The molecule has 0 saturated carbocycles. The van der Waals surface area contributed by atoms with Crippen LogP contribution in [-0.4, -0.2) is 19.9 Å². The minimum absolute atomic E-state index is 0.0933. The average molecular weight is 322 g/mol. The third-order valence-corrected chi connectivity index (χ3v) is 4.16. The second-order valence-corrected chi connectivity index (χ2v) is 5.97. The Bertz CT molecular complexity index is 775. The molecule has 116 valence electrons. The summed E-state index contributed by atoms with van der Waals surface area (Å²) in [4.78, 5) is 10.3. The Hall–Kier alpha value is -2.61. The fourth-order valence-corrected chi connectivity index (χ4v) is 2.88. The molecule has 0 aromatic heterocycles. The van der Waals surface area contributed by atoms with Crippen LogP contribution in [0.25, 0.3) is 0 Å². The van der Waals surface area contributed by atoms with E-state index in [1.54, 1.807) is 25.1 Å². The second kappa shape index (κ2) is 6.44. The molecule has 0 amide bonds. The molecule has 0 heterocycles. The van der Waals surface area contributed by atoms with Gasteiger partial charge >= 0.3 is 0 Å². The van der Waals surface area contributed by atoms with Crippen molar-refractivity contribution in [1.82, 2.24) is 0 Å². The van der Waals surface area contributed by atoms with Gasteiger partial charge in [0.1, 0.15) is 5.75 Å². The molecule has 1 N–H and O–H groups in total. The maximum Gasteiger partial charge on any atom is 0.273 e. The third kappa shape index (κ3) is 3.53. The lowest BCUT2D eigenvalue weighted by Crippen LogP contribution is -2.14. The summed E-state index contributed by atoms with van der Waals surface area (Å²) in [6, 6.07) is 11.5. The average Bonchev–Trinajstić information content (AvgIpc) is 2.50. The van der Waals surface area contributed by atoms with Gasteiger partial charge < -0.3 is 4.74 Å². The highest BCUT2D eigenvalue weighted by atomic mass is 32.2. The first-order valence-corrected chi connectivity index (χ1v) is 7.91. The van der Waals surface area contributed by atoms with Gasteiger partial charge in [-0.05, 0) is 25.1 Å². The molecule has 0 radical (unpaired) electrons. The molecule has 0 bridgehead atoms. The highest BCUT2D eigenvalue weighted by Gasteiger charge is 2.18. The van der Waals surface area contributed by atoms with E-state index in [0.29, 0.717) is 0 Å². The van der Waals surface area contributed by atoms with Gasteiger partial charge in [-0.3, -0.25) is 14.8 Å². The molecule has 2 rings (SSSR count). The van der Waals surface area contributed by atoms with E-state index in [1.165, 1.54) is 30.3 Å². The van der Waals surface area contributed by atoms with Gasteiger partial charge in [0.25, 0.3) is 15.7 Å². The topological polar surface area (TPSA) is 98.5 Å². The van der Waals surface area contributed by atoms with Gasteiger partial charge in [-0.1, -0.05) is 18.2 Å². The Kier molecular flexibility index (Phi) is 4.62. The zero-order valence-corrected chi connectivity index (χ0v) is 12.5. The van der Waals surface area contributed by atoms with E-state index < -0.39 is 14.9 Å². The van der Waals surface area contributed by atoms with Gasteiger partial charge in [0.15, 0.2) is 0 Å². The molecule has 8 heteroatoms. The molecule has 2 aromatic carbocycles. The van der Waals surface area contributed by atoms with E-state index in [2.05, 4.69) is 4.72 Å². The van der Waals surface area contributed by atoms with Crippen molar-refractivity contribution in [1.29, 1.82) is 0 Å². The van der Waals surface area contributed by atoms with E-state index in [4.69, 9.17) is 4.74 Å². The van der Waals surface area contributed by atoms with E-state index in [0.717, 1.165) is 0 Å². The van der Waals surface area contributed by atoms with Crippen LogP contribution in [0.15, 0.2) is 53.4 Å². The van der Waals surface area contributed by atoms with Crippen molar-refractivity contribution in [2.45, 2.75) is 11.8 Å². The van der Waals surface area contributed by atoms with Gasteiger partial charge in [0.2, 0.25) is 0 Å². The maximum absolute atomic E-state index is 12.3. The van der Waals surface area contributed by atoms with Crippen LogP contribution in [0.3, 0.4) is 0 Å². The van der Waals surface area contributed by atoms with Crippen LogP contribution < -0.4 is 9.46 Å². The second-order valence-electron chi connectivity index (χ2n) is 4.29. The summed E-state index contributed by atoms with van der Waals surface area (Å²) in [6.45, 7) is 1.95. The van der Waals surface area contributed by atoms with Crippen molar-refractivity contribution in [3.05, 3.63) is 58.6 Å². The summed E-state index contributed by atoms with van der Waals surface area (Å²) >= 11 is 0. The summed E-state index contributed by atoms with van der Waals surface area (Å²) in [5, 5.41) is 10.8. The van der Waals surface area contributed by atoms with E-state index in [-0.39, 0.29) is 28.6 Å². The summed E-state index contributed by atoms with van der Waals surface area (Å²) in [7, 11) is -3.79. The fourth-order valence-electron chi connectivity index (χ4n) is 1.79. The van der Waals surface area contributed by atoms with Gasteiger partial charge in [-0.25, -0.2) is 8.42 Å². The van der Waals surface area contributed by atoms with Crippen molar-refractivity contribution in [2.75, 3.05) is 11.3 Å². The Labute approximate surface area is 127 Å². The summed E-state index contributed by atoms with van der Waals surface area (Å²) < 4.78 is 32.2. The van der Waals surface area contributed by atoms with Crippen molar-refractivity contribution >= 4 is 21.4 Å². The standard InChI is InChI=1S/C14H14N2O5S/c1-2-21-14-10-11(16(17)18)8-9-13(14)15-22(19,20)12-6-4-3-5-7-12/h3-10,15H,2H2,1H3. The number of hydrogen-bond donors (Lipinski definition) is 1. The van der Waals surface area contributed by atoms with Crippen LogP contribution in [0.5, 0.6) is 5.75 Å². The monoisotopic (exact) mass is 322 g/mol. The Balaban J connectivity index is 2.38. The van der Waals surface area contributed by atoms with Crippen LogP contribution in [0.1, 0.15) is 6.92 Å². The van der Waals surface area contributed by atoms with Crippen molar-refractivity contribution in [2.24, 2.45) is 0 Å². The fraction of sp³-hybridized carbons (Fsp3) is 0.143. The first kappa shape index (κ1) is 15.8. The number of non-ortho nitro benzene ring substituents is 1. The summed E-state index contributed by atoms with van der Waals surface area (Å²) in [6.07, 6.45) is 0. The van der Waals surface area contributed by atoms with Gasteiger partial charge in [-0.2, -0.15) is 0 Å². The Morgan fingerprint density at radius 1 is 1.18 bits per heavy atom. The van der Waals surface area contributed by atoms with Gasteiger partial charge in [-0.15, -0.1) is 0 Å². The predicted octanol–water partition coefficient (Wildman–Crippen LogP) is 2.79. The first-order chi connectivity index (χ1) is 10.4. The van der Waals surface area contributed by atoms with Crippen LogP contribution in [0, 0.1) is 10.1 Å². The highest BCUT2D eigenvalue weighted by Crippen LogP contribution is 2.31. The zero-order chi connectivity index (χ0) is 16.2. The molecule has 22 heavy (non-hydrogen) atoms. The number of hydrogen-bond acceptors (Lipinski definition) is 5. The molecule has 0 aliphatic carbocycles. The number of nitro groups is 1. The molecule has 0 spiro atoms. The molecular formula is C14H14N2O5S. The number of sulfonamides is 1. The van der Waals surface area contributed by atoms with Crippen molar-refractivity contribution in [3.63, 3.8) is 0 Å². The minimum atomic E-state index is -3.79. The van der Waals surface area contributed by atoms with Crippen LogP contribution >= 0.6 is 0 Å². The highest BCUT2D eigenvalue weighted by molar-refractivity contribution is 7.92. The zero-order valence-electron chi connectivity index (χ0n) is 11.7. The van der Waals surface area contributed by atoms with Crippen LogP contribution in [0.2, 0.25) is 0 Å². The number of anilines is 1. The largest absolute Gasteiger partial charge is 0.491 e. The molecule has 2 aromatic rings.